The first-order valence-electron chi connectivity index (χ1n) is 5.15. The second-order valence-electron chi connectivity index (χ2n) is 4.27. The Labute approximate surface area is 105 Å². The summed E-state index contributed by atoms with van der Waals surface area (Å²) in [6, 6.07) is 6.29. The highest BCUT2D eigenvalue weighted by Crippen LogP contribution is 2.23. The smallest absolute Gasteiger partial charge is 0.305 e. The number of carbonyl (C=O) groups excluding carboxylic acids is 1. The number of benzene rings is 1. The molecule has 100 valence electrons. The van der Waals surface area contributed by atoms with Crippen molar-refractivity contribution >= 4 is 16.0 Å². The van der Waals surface area contributed by atoms with Crippen molar-refractivity contribution < 1.29 is 22.5 Å². The van der Waals surface area contributed by atoms with Crippen LogP contribution >= 0.6 is 0 Å². The number of hydrogen-bond donors (Lipinski definition) is 2. The van der Waals surface area contributed by atoms with Crippen LogP contribution in [-0.4, -0.2) is 23.8 Å². The molecule has 0 saturated carbocycles. The monoisotopic (exact) mass is 273 g/mol. The topological polar surface area (TPSA) is 107 Å². The number of primary amides is 1. The van der Waals surface area contributed by atoms with E-state index in [0.29, 0.717) is 5.56 Å². The van der Waals surface area contributed by atoms with Crippen molar-refractivity contribution in [2.75, 3.05) is 0 Å². The quantitative estimate of drug-likeness (QED) is 0.769. The molecule has 0 fully saturated rings. The van der Waals surface area contributed by atoms with E-state index >= 15 is 0 Å². The van der Waals surface area contributed by atoms with Crippen LogP contribution in [0, 0.1) is 0 Å². The van der Waals surface area contributed by atoms with E-state index in [9.17, 15) is 13.2 Å². The summed E-state index contributed by atoms with van der Waals surface area (Å²) in [5, 5.41) is 0. The zero-order valence-electron chi connectivity index (χ0n) is 10.1. The summed E-state index contributed by atoms with van der Waals surface area (Å²) in [6.07, 6.45) is 0.0313. The van der Waals surface area contributed by atoms with Gasteiger partial charge in [-0.15, -0.1) is 0 Å². The molecule has 0 spiro atoms. The highest BCUT2D eigenvalue weighted by Gasteiger charge is 2.35. The molecular weight excluding hydrogens is 258 g/mol. The number of rotatable bonds is 5. The van der Waals surface area contributed by atoms with Crippen molar-refractivity contribution in [1.29, 1.82) is 0 Å². The summed E-state index contributed by atoms with van der Waals surface area (Å²) < 4.78 is 36.3. The first-order valence-corrected chi connectivity index (χ1v) is 6.59. The Kier molecular flexibility index (Phi) is 3.98. The minimum atomic E-state index is -4.35. The summed E-state index contributed by atoms with van der Waals surface area (Å²) in [5.41, 5.74) is 5.66. The van der Waals surface area contributed by atoms with Gasteiger partial charge in [0.05, 0.1) is 6.42 Å². The van der Waals surface area contributed by atoms with Gasteiger partial charge in [0.1, 0.15) is 5.75 Å². The predicted octanol–water partition coefficient (Wildman–Crippen LogP) is 0.717. The Morgan fingerprint density at radius 3 is 2.56 bits per heavy atom. The van der Waals surface area contributed by atoms with E-state index in [1.54, 1.807) is 12.1 Å². The Morgan fingerprint density at radius 2 is 2.06 bits per heavy atom. The minimum Gasteiger partial charge on any atom is -0.469 e. The molecule has 0 atom stereocenters. The van der Waals surface area contributed by atoms with E-state index in [4.69, 9.17) is 15.0 Å². The van der Waals surface area contributed by atoms with Gasteiger partial charge in [0.25, 0.3) is 0 Å². The predicted molar refractivity (Wildman–Crippen MR) is 65.6 cm³/mol. The number of nitrogens with two attached hydrogens (primary N) is 1. The molecule has 0 aliphatic heterocycles. The van der Waals surface area contributed by atoms with Crippen LogP contribution in [0.15, 0.2) is 24.3 Å². The number of hydrogen-bond acceptors (Lipinski definition) is 4. The molecule has 0 bridgehead atoms. The van der Waals surface area contributed by atoms with Crippen molar-refractivity contribution in [1.82, 2.24) is 0 Å². The fourth-order valence-electron chi connectivity index (χ4n) is 1.26. The zero-order valence-corrected chi connectivity index (χ0v) is 10.9. The lowest BCUT2D eigenvalue weighted by Gasteiger charge is -2.23. The van der Waals surface area contributed by atoms with E-state index in [1.165, 1.54) is 26.0 Å². The summed E-state index contributed by atoms with van der Waals surface area (Å²) in [6.45, 7) is 2.45. The van der Waals surface area contributed by atoms with Crippen LogP contribution in [0.2, 0.25) is 0 Å². The number of amides is 1. The summed E-state index contributed by atoms with van der Waals surface area (Å²) in [5.74, 6) is -0.266. The molecule has 0 saturated heterocycles. The van der Waals surface area contributed by atoms with Gasteiger partial charge >= 0.3 is 10.1 Å². The molecule has 3 N–H and O–H groups in total. The first-order chi connectivity index (χ1) is 8.12. The first kappa shape index (κ1) is 14.5. The second kappa shape index (κ2) is 4.95. The molecule has 0 radical (unpaired) electrons. The molecule has 1 aromatic rings. The molecule has 6 nitrogen and oxygen atoms in total. The van der Waals surface area contributed by atoms with Crippen molar-refractivity contribution in [3.63, 3.8) is 0 Å². The Balaban J connectivity index is 2.96. The lowest BCUT2D eigenvalue weighted by molar-refractivity contribution is -0.117. The Morgan fingerprint density at radius 1 is 1.44 bits per heavy atom. The van der Waals surface area contributed by atoms with E-state index in [1.807, 2.05) is 0 Å². The van der Waals surface area contributed by atoms with Gasteiger partial charge in [-0.1, -0.05) is 12.1 Å². The van der Waals surface area contributed by atoms with Crippen LogP contribution in [0.1, 0.15) is 19.4 Å². The van der Waals surface area contributed by atoms with Crippen molar-refractivity contribution in [3.8, 4) is 5.75 Å². The Hall–Kier alpha value is -1.60. The van der Waals surface area contributed by atoms with Gasteiger partial charge in [-0.25, -0.2) is 0 Å². The van der Waals surface area contributed by atoms with Crippen molar-refractivity contribution in [2.24, 2.45) is 5.73 Å². The molecule has 1 aromatic carbocycles. The van der Waals surface area contributed by atoms with Gasteiger partial charge in [0.2, 0.25) is 10.8 Å². The van der Waals surface area contributed by atoms with Gasteiger partial charge in [-0.3, -0.25) is 9.35 Å². The molecule has 1 rings (SSSR count). The third-order valence-corrected chi connectivity index (χ3v) is 3.59. The van der Waals surface area contributed by atoms with E-state index in [0.717, 1.165) is 0 Å². The largest absolute Gasteiger partial charge is 0.469 e. The summed E-state index contributed by atoms with van der Waals surface area (Å²) in [7, 11) is -4.35. The van der Waals surface area contributed by atoms with E-state index in [2.05, 4.69) is 0 Å². The maximum Gasteiger partial charge on any atom is 0.305 e. The Bertz CT molecular complexity index is 550. The molecule has 0 aromatic heterocycles. The van der Waals surface area contributed by atoms with Gasteiger partial charge in [0.15, 0.2) is 0 Å². The average Bonchev–Trinajstić information content (AvgIpc) is 2.14. The third-order valence-electron chi connectivity index (χ3n) is 2.26. The normalized spacial score (nSPS) is 12.2. The lowest BCUT2D eigenvalue weighted by atomic mass is 10.1. The van der Waals surface area contributed by atoms with Gasteiger partial charge in [-0.05, 0) is 31.5 Å². The molecular formula is C11H15NO5S. The van der Waals surface area contributed by atoms with Crippen molar-refractivity contribution in [2.45, 2.75) is 25.2 Å². The maximum absolute atomic E-state index is 11.1. The molecule has 0 unspecified atom stereocenters. The average molecular weight is 273 g/mol. The van der Waals surface area contributed by atoms with Crippen LogP contribution in [0.4, 0.5) is 0 Å². The van der Waals surface area contributed by atoms with Gasteiger partial charge in [-0.2, -0.15) is 8.42 Å². The van der Waals surface area contributed by atoms with Crippen LogP contribution in [0.25, 0.3) is 0 Å². The van der Waals surface area contributed by atoms with Crippen LogP contribution in [-0.2, 0) is 21.3 Å². The van der Waals surface area contributed by atoms with E-state index in [-0.39, 0.29) is 12.2 Å². The van der Waals surface area contributed by atoms with Crippen LogP contribution < -0.4 is 10.5 Å². The molecule has 18 heavy (non-hydrogen) atoms. The zero-order chi connectivity index (χ0) is 14.0. The third kappa shape index (κ3) is 3.71. The molecule has 0 aliphatic carbocycles. The van der Waals surface area contributed by atoms with Crippen molar-refractivity contribution in [3.05, 3.63) is 29.8 Å². The van der Waals surface area contributed by atoms with E-state index < -0.39 is 21.0 Å². The highest BCUT2D eigenvalue weighted by atomic mass is 32.2. The standard InChI is InChI=1S/C11H15NO5S/c1-11(2,18(14,15)16)17-9-5-3-4-8(6-9)7-10(12)13/h3-6H,7H2,1-2H3,(H2,12,13)(H,14,15,16). The molecule has 1 amide bonds. The molecule has 0 heterocycles. The van der Waals surface area contributed by atoms with Crippen LogP contribution in [0.3, 0.4) is 0 Å². The molecule has 7 heteroatoms. The lowest BCUT2D eigenvalue weighted by Crippen LogP contribution is -2.37. The SMILES string of the molecule is CC(C)(Oc1cccc(CC(N)=O)c1)S(=O)(=O)O. The van der Waals surface area contributed by atoms with Gasteiger partial charge < -0.3 is 10.5 Å². The fraction of sp³-hybridized carbons (Fsp3) is 0.364. The van der Waals surface area contributed by atoms with Crippen LogP contribution in [0.5, 0.6) is 5.75 Å². The minimum absolute atomic E-state index is 0.0313. The molecule has 0 aliphatic rings. The van der Waals surface area contributed by atoms with Gasteiger partial charge in [0, 0.05) is 0 Å². The maximum atomic E-state index is 11.1. The fourth-order valence-corrected chi connectivity index (χ4v) is 1.46. The number of carbonyl (C=O) groups is 1. The summed E-state index contributed by atoms with van der Waals surface area (Å²) in [4.78, 5) is 9.00. The summed E-state index contributed by atoms with van der Waals surface area (Å²) >= 11 is 0. The highest BCUT2D eigenvalue weighted by molar-refractivity contribution is 7.87. The number of ether oxygens (including phenoxy) is 1. The second-order valence-corrected chi connectivity index (χ2v) is 6.20.